The molecule has 2 aromatic heterocycles. The van der Waals surface area contributed by atoms with E-state index in [1.807, 2.05) is 0 Å². The molecule has 0 saturated heterocycles. The maximum absolute atomic E-state index is 11.5. The van der Waals surface area contributed by atoms with Crippen LogP contribution in [0.5, 0.6) is 0 Å². The maximum Gasteiger partial charge on any atom is 0.476 e. The van der Waals surface area contributed by atoms with Gasteiger partial charge in [-0.15, -0.1) is 0 Å². The van der Waals surface area contributed by atoms with E-state index in [4.69, 9.17) is 20.3 Å². The third-order valence-corrected chi connectivity index (χ3v) is 4.99. The van der Waals surface area contributed by atoms with Gasteiger partial charge in [0.25, 0.3) is 0 Å². The molecule has 0 aromatic carbocycles. The fraction of sp³-hybridized carbons (Fsp3) is 0.444. The topological polar surface area (TPSA) is 253 Å². The quantitative estimate of drug-likeness (QED) is 0.344. The molecule has 2 rings (SSSR count). The Balaban J connectivity index is 0.00000288. The predicted molar refractivity (Wildman–Crippen MR) is 88.1 cm³/mol. The molecule has 0 fully saturated rings. The van der Waals surface area contributed by atoms with E-state index >= 15 is 0 Å². The number of anilines is 1. The number of nitrogens with two attached hydrogens (primary N) is 1. The third-order valence-electron chi connectivity index (χ3n) is 2.64. The van der Waals surface area contributed by atoms with E-state index in [2.05, 4.69) is 19.3 Å². The van der Waals surface area contributed by atoms with Gasteiger partial charge in [-0.3, -0.25) is 4.57 Å². The first-order chi connectivity index (χ1) is 10.6. The van der Waals surface area contributed by atoms with E-state index in [0.717, 1.165) is 0 Å². The van der Waals surface area contributed by atoms with Gasteiger partial charge in [-0.2, -0.15) is 0 Å². The highest BCUT2D eigenvalue weighted by Crippen LogP contribution is 2.56. The average Bonchev–Trinajstić information content (AvgIpc) is 2.79. The molecular formula is C9H21N7O7P2. The second-order valence-corrected chi connectivity index (χ2v) is 7.81. The van der Waals surface area contributed by atoms with Gasteiger partial charge >= 0.3 is 15.4 Å². The van der Waals surface area contributed by atoms with Gasteiger partial charge in [0.05, 0.1) is 19.0 Å². The van der Waals surface area contributed by atoms with E-state index in [1.165, 1.54) is 12.7 Å². The van der Waals surface area contributed by atoms with Gasteiger partial charge in [-0.25, -0.2) is 23.8 Å². The Bertz CT molecular complexity index is 794. The van der Waals surface area contributed by atoms with Crippen molar-refractivity contribution in [2.45, 2.75) is 19.6 Å². The lowest BCUT2D eigenvalue weighted by atomic mass is 10.4. The summed E-state index contributed by atoms with van der Waals surface area (Å²) in [7, 11) is -9.65. The second kappa shape index (κ2) is 8.76. The van der Waals surface area contributed by atoms with Crippen LogP contribution in [0.2, 0.25) is 0 Å². The summed E-state index contributed by atoms with van der Waals surface area (Å²) in [6.45, 7) is 1.80. The highest BCUT2D eigenvalue weighted by Gasteiger charge is 2.31. The fourth-order valence-corrected chi connectivity index (χ4v) is 3.73. The molecule has 0 bridgehead atoms. The number of ether oxygens (including phenoxy) is 1. The Labute approximate surface area is 142 Å². The molecule has 1 unspecified atom stereocenters. The van der Waals surface area contributed by atoms with Gasteiger partial charge in [-0.1, -0.05) is 0 Å². The van der Waals surface area contributed by atoms with Crippen LogP contribution in [0.1, 0.15) is 6.92 Å². The normalized spacial score (nSPS) is 15.0. The molecule has 14 nitrogen and oxygen atoms in total. The van der Waals surface area contributed by atoms with Gasteiger partial charge in [-0.05, 0) is 6.92 Å². The van der Waals surface area contributed by atoms with Crippen LogP contribution in [0, 0.1) is 0 Å². The van der Waals surface area contributed by atoms with Crippen molar-refractivity contribution in [2.24, 2.45) is 0 Å². The van der Waals surface area contributed by atoms with Crippen molar-refractivity contribution in [1.29, 1.82) is 0 Å². The van der Waals surface area contributed by atoms with Crippen molar-refractivity contribution in [3.63, 3.8) is 0 Å². The number of nitrogens with zero attached hydrogens (tertiary/aromatic N) is 4. The molecule has 2 aromatic rings. The van der Waals surface area contributed by atoms with Crippen LogP contribution in [0.3, 0.4) is 0 Å². The van der Waals surface area contributed by atoms with Crippen molar-refractivity contribution in [2.75, 3.05) is 12.1 Å². The third kappa shape index (κ3) is 6.74. The minimum atomic E-state index is -5.08. The number of fused-ring (bicyclic) bond motifs is 1. The summed E-state index contributed by atoms with van der Waals surface area (Å²) < 4.78 is 32.5. The summed E-state index contributed by atoms with van der Waals surface area (Å²) >= 11 is 0. The van der Waals surface area contributed by atoms with Crippen molar-refractivity contribution in [3.05, 3.63) is 12.7 Å². The molecule has 0 spiro atoms. The number of phosphoric acid groups is 1. The fourth-order valence-electron chi connectivity index (χ4n) is 1.77. The Morgan fingerprint density at radius 2 is 1.88 bits per heavy atom. The summed E-state index contributed by atoms with van der Waals surface area (Å²) in [4.78, 5) is 38.2. The van der Waals surface area contributed by atoms with E-state index in [1.54, 1.807) is 11.5 Å². The molecule has 0 radical (unpaired) electrons. The lowest BCUT2D eigenvalue weighted by Gasteiger charge is -2.17. The minimum Gasteiger partial charge on any atom is -0.382 e. The second-order valence-electron chi connectivity index (χ2n) is 4.64. The monoisotopic (exact) mass is 401 g/mol. The summed E-state index contributed by atoms with van der Waals surface area (Å²) in [5, 5.41) is 0. The summed E-state index contributed by atoms with van der Waals surface area (Å²) in [6, 6.07) is 0. The highest BCUT2D eigenvalue weighted by molar-refractivity contribution is 7.63. The zero-order valence-corrected chi connectivity index (χ0v) is 15.1. The predicted octanol–water partition coefficient (Wildman–Crippen LogP) is 0.390. The molecule has 11 N–H and O–H groups in total. The van der Waals surface area contributed by atoms with Crippen molar-refractivity contribution >= 4 is 32.4 Å². The SMILES string of the molecule is C[C@H](Cn1cnc2c(N)ncnc21)OCP(=O)(O)OP(=O)(O)O.N.N. The molecule has 0 amide bonds. The van der Waals surface area contributed by atoms with Crippen LogP contribution in [0.25, 0.3) is 11.2 Å². The average molecular weight is 401 g/mol. The highest BCUT2D eigenvalue weighted by atomic mass is 31.3. The van der Waals surface area contributed by atoms with Crippen LogP contribution >= 0.6 is 15.4 Å². The molecule has 25 heavy (non-hydrogen) atoms. The Hall–Kier alpha value is -1.47. The van der Waals surface area contributed by atoms with Crippen LogP contribution in [-0.2, 0) is 24.7 Å². The molecule has 2 atom stereocenters. The Kier molecular flexibility index (Phi) is 8.24. The molecular weight excluding hydrogens is 380 g/mol. The number of aromatic nitrogens is 4. The first kappa shape index (κ1) is 23.5. The molecule has 0 saturated carbocycles. The van der Waals surface area contributed by atoms with Crippen LogP contribution < -0.4 is 18.0 Å². The van der Waals surface area contributed by atoms with Crippen molar-refractivity contribution in [1.82, 2.24) is 31.8 Å². The van der Waals surface area contributed by atoms with Gasteiger partial charge in [0.15, 0.2) is 11.5 Å². The first-order valence-corrected chi connectivity index (χ1v) is 9.48. The van der Waals surface area contributed by atoms with Crippen molar-refractivity contribution < 1.29 is 32.9 Å². The maximum atomic E-state index is 11.5. The molecule has 16 heteroatoms. The van der Waals surface area contributed by atoms with Crippen LogP contribution in [0.15, 0.2) is 12.7 Å². The lowest BCUT2D eigenvalue weighted by molar-refractivity contribution is 0.0758. The van der Waals surface area contributed by atoms with Crippen LogP contribution in [0.4, 0.5) is 5.82 Å². The smallest absolute Gasteiger partial charge is 0.382 e. The number of hydrogen-bond acceptors (Lipinski definition) is 10. The molecule has 0 aliphatic rings. The van der Waals surface area contributed by atoms with Gasteiger partial charge in [0, 0.05) is 0 Å². The number of hydrogen-bond donors (Lipinski definition) is 6. The number of rotatable bonds is 7. The summed E-state index contributed by atoms with van der Waals surface area (Å²) in [5.74, 6) is 0.220. The van der Waals surface area contributed by atoms with Crippen LogP contribution in [-0.4, -0.2) is 46.7 Å². The largest absolute Gasteiger partial charge is 0.476 e. The summed E-state index contributed by atoms with van der Waals surface area (Å²) in [5.41, 5.74) is 6.54. The zero-order chi connectivity index (χ0) is 17.3. The van der Waals surface area contributed by atoms with Gasteiger partial charge in [0.1, 0.15) is 18.2 Å². The Morgan fingerprint density at radius 3 is 2.48 bits per heavy atom. The van der Waals surface area contributed by atoms with E-state index in [0.29, 0.717) is 11.2 Å². The van der Waals surface area contributed by atoms with Gasteiger partial charge in [0.2, 0.25) is 0 Å². The summed E-state index contributed by atoms with van der Waals surface area (Å²) in [6.07, 6.45) is 1.27. The zero-order valence-electron chi connectivity index (χ0n) is 13.3. The van der Waals surface area contributed by atoms with E-state index in [-0.39, 0.29) is 24.7 Å². The molecule has 2 heterocycles. The first-order valence-electron chi connectivity index (χ1n) is 6.19. The molecule has 0 aliphatic carbocycles. The van der Waals surface area contributed by atoms with Gasteiger partial charge < -0.3 is 42.0 Å². The molecule has 144 valence electrons. The minimum absolute atomic E-state index is 0. The van der Waals surface area contributed by atoms with E-state index in [9.17, 15) is 14.0 Å². The van der Waals surface area contributed by atoms with Crippen molar-refractivity contribution in [3.8, 4) is 0 Å². The standard InChI is InChI=1S/C9H15N5O7P2.2H3N/c1-6(20-5-22(15,16)21-23(17,18)19)2-14-4-13-7-8(10)11-3-12-9(7)14;;/h3-4,6H,2,5H2,1H3,(H,15,16)(H2,10,11,12)(H2,17,18,19);2*1H3/t6-;;/m1../s1. The number of imidazole rings is 1. The Morgan fingerprint density at radius 1 is 1.24 bits per heavy atom. The molecule has 0 aliphatic heterocycles. The number of nitrogen functional groups attached to an aromatic ring is 1. The van der Waals surface area contributed by atoms with E-state index < -0.39 is 27.9 Å². The lowest BCUT2D eigenvalue weighted by Crippen LogP contribution is -2.17.